The summed E-state index contributed by atoms with van der Waals surface area (Å²) in [6, 6.07) is 59.1. The van der Waals surface area contributed by atoms with Crippen molar-refractivity contribution >= 4 is 43.6 Å². The van der Waals surface area contributed by atoms with Crippen LogP contribution in [0.4, 0.5) is 0 Å². The van der Waals surface area contributed by atoms with Crippen LogP contribution in [0.3, 0.4) is 0 Å². The first kappa shape index (κ1) is 26.4. The van der Waals surface area contributed by atoms with E-state index in [4.69, 9.17) is 0 Å². The van der Waals surface area contributed by atoms with Gasteiger partial charge in [0, 0.05) is 32.9 Å². The van der Waals surface area contributed by atoms with Gasteiger partial charge in [-0.25, -0.2) is 0 Å². The molecule has 0 saturated heterocycles. The van der Waals surface area contributed by atoms with Crippen LogP contribution < -0.4 is 0 Å². The predicted octanol–water partition coefficient (Wildman–Crippen LogP) is 14.5. The van der Waals surface area contributed by atoms with E-state index in [9.17, 15) is 8.22 Å². The number of fused-ring (bicyclic) bond motifs is 6. The van der Waals surface area contributed by atoms with E-state index in [1.165, 1.54) is 0 Å². The molecule has 2 nitrogen and oxygen atoms in total. The van der Waals surface area contributed by atoms with Crippen LogP contribution in [-0.4, -0.2) is 9.13 Å². The van der Waals surface area contributed by atoms with E-state index >= 15 is 0 Å². The predicted molar refractivity (Wildman–Crippen MR) is 237 cm³/mol. The van der Waals surface area contributed by atoms with Crippen LogP contribution in [0.1, 0.15) is 8.22 Å². The third kappa shape index (κ3) is 5.26. The van der Waals surface area contributed by atoms with Crippen molar-refractivity contribution in [1.82, 2.24) is 9.13 Å². The first-order chi connectivity index (χ1) is 30.3. The summed E-state index contributed by atoms with van der Waals surface area (Å²) >= 11 is 0. The van der Waals surface area contributed by atoms with E-state index in [1.807, 2.05) is 143 Å². The van der Waals surface area contributed by atoms with Crippen molar-refractivity contribution in [3.05, 3.63) is 218 Å². The maximum atomic E-state index is 10.1. The minimum absolute atomic E-state index is 0.000495. The van der Waals surface area contributed by atoms with Gasteiger partial charge in [0.1, 0.15) is 0 Å². The van der Waals surface area contributed by atoms with Gasteiger partial charge in [-0.05, 0) is 105 Å². The van der Waals surface area contributed by atoms with Crippen molar-refractivity contribution in [1.29, 1.82) is 0 Å². The second kappa shape index (κ2) is 13.2. The molecule has 2 aromatic heterocycles. The normalized spacial score (nSPS) is 13.1. The van der Waals surface area contributed by atoms with E-state index in [1.54, 1.807) is 0 Å². The standard InChI is InChI=1S/C54H36N2/c1-4-13-37(14-5-1)39-23-25-41(26-24-39)46-20-12-22-53-54(46)49-36-43(30-34-52(49)56(53)44-17-8-3-9-18-44)42-29-33-51-48(35-42)47-19-10-11-21-50(47)55(51)45-31-27-40(28-32-45)38-15-6-2-7-16-38/h1-36H/i29D,30D,33D,34D,35D,36D. The monoisotopic (exact) mass is 718 g/mol. The van der Waals surface area contributed by atoms with Crippen molar-refractivity contribution < 1.29 is 8.22 Å². The van der Waals surface area contributed by atoms with E-state index in [0.717, 1.165) is 66.6 Å². The molecule has 0 aliphatic carbocycles. The van der Waals surface area contributed by atoms with Gasteiger partial charge < -0.3 is 9.13 Å². The maximum Gasteiger partial charge on any atom is 0.0645 e. The molecule has 9 aromatic carbocycles. The molecular weight excluding hydrogens is 677 g/mol. The third-order valence-electron chi connectivity index (χ3n) is 10.8. The first-order valence-corrected chi connectivity index (χ1v) is 18.8. The zero-order chi connectivity index (χ0) is 42.2. The second-order valence-electron chi connectivity index (χ2n) is 14.0. The molecule has 2 heteroatoms. The Balaban J connectivity index is 1.19. The fourth-order valence-electron chi connectivity index (χ4n) is 8.13. The second-order valence-corrected chi connectivity index (χ2v) is 14.0. The van der Waals surface area contributed by atoms with Crippen LogP contribution in [0, 0.1) is 0 Å². The zero-order valence-corrected chi connectivity index (χ0v) is 30.2. The third-order valence-corrected chi connectivity index (χ3v) is 10.8. The molecule has 0 aliphatic heterocycles. The van der Waals surface area contributed by atoms with Gasteiger partial charge in [0.15, 0.2) is 0 Å². The Morgan fingerprint density at radius 2 is 0.750 bits per heavy atom. The molecule has 0 fully saturated rings. The van der Waals surface area contributed by atoms with Crippen LogP contribution in [-0.2, 0) is 0 Å². The summed E-state index contributed by atoms with van der Waals surface area (Å²) in [6.07, 6.45) is 0. The van der Waals surface area contributed by atoms with E-state index in [2.05, 4.69) is 48.5 Å². The number of nitrogens with zero attached hydrogens (tertiary/aromatic N) is 2. The number of hydrogen-bond acceptors (Lipinski definition) is 0. The fraction of sp³-hybridized carbons (Fsp3) is 0. The van der Waals surface area contributed by atoms with Gasteiger partial charge in [0.05, 0.1) is 30.3 Å². The molecule has 11 rings (SSSR count). The lowest BCUT2D eigenvalue weighted by Crippen LogP contribution is -1.94. The molecule has 0 aliphatic rings. The minimum atomic E-state index is -0.267. The highest BCUT2D eigenvalue weighted by Gasteiger charge is 2.18. The van der Waals surface area contributed by atoms with Gasteiger partial charge >= 0.3 is 0 Å². The van der Waals surface area contributed by atoms with Gasteiger partial charge in [-0.3, -0.25) is 0 Å². The van der Waals surface area contributed by atoms with E-state index in [0.29, 0.717) is 21.8 Å². The average Bonchev–Trinajstić information content (AvgIpc) is 3.87. The molecule has 0 saturated carbocycles. The highest BCUT2D eigenvalue weighted by Crippen LogP contribution is 2.42. The number of rotatable bonds is 6. The SMILES string of the molecule is [2H]c1c(-c2c([2H])c([2H])c3c(c2[2H])c2c(-c4ccc(-c5ccccc5)cc4)cccc2n3-c2ccccc2)c([2H])c2c3ccccc3n(-c3ccc(-c4ccccc4)cc3)c2c1[2H]. The maximum absolute atomic E-state index is 10.1. The molecule has 262 valence electrons. The molecule has 0 unspecified atom stereocenters. The molecule has 2 heterocycles. The zero-order valence-electron chi connectivity index (χ0n) is 36.2. The Labute approximate surface area is 334 Å². The van der Waals surface area contributed by atoms with Gasteiger partial charge in [-0.1, -0.05) is 158 Å². The lowest BCUT2D eigenvalue weighted by Gasteiger charge is -2.10. The van der Waals surface area contributed by atoms with Gasteiger partial charge in [0.2, 0.25) is 0 Å². The molecule has 0 atom stereocenters. The summed E-state index contributed by atoms with van der Waals surface area (Å²) in [7, 11) is 0. The highest BCUT2D eigenvalue weighted by atomic mass is 15.0. The Morgan fingerprint density at radius 3 is 1.41 bits per heavy atom. The van der Waals surface area contributed by atoms with Gasteiger partial charge in [-0.2, -0.15) is 0 Å². The smallest absolute Gasteiger partial charge is 0.0645 e. The van der Waals surface area contributed by atoms with Crippen molar-refractivity contribution in [3.8, 4) is 55.9 Å². The summed E-state index contributed by atoms with van der Waals surface area (Å²) in [5, 5.41) is 2.37. The van der Waals surface area contributed by atoms with Crippen molar-refractivity contribution in [2.75, 3.05) is 0 Å². The van der Waals surface area contributed by atoms with Crippen LogP contribution in [0.25, 0.3) is 99.5 Å². The molecular formula is C54H36N2. The summed E-state index contributed by atoms with van der Waals surface area (Å²) in [4.78, 5) is 0. The van der Waals surface area contributed by atoms with Crippen LogP contribution in [0.5, 0.6) is 0 Å². The quantitative estimate of drug-likeness (QED) is 0.162. The van der Waals surface area contributed by atoms with E-state index in [-0.39, 0.29) is 47.4 Å². The van der Waals surface area contributed by atoms with Crippen LogP contribution in [0.2, 0.25) is 0 Å². The van der Waals surface area contributed by atoms with E-state index < -0.39 is 0 Å². The van der Waals surface area contributed by atoms with Crippen LogP contribution in [0.15, 0.2) is 218 Å². The number of aromatic nitrogens is 2. The number of para-hydroxylation sites is 2. The molecule has 56 heavy (non-hydrogen) atoms. The van der Waals surface area contributed by atoms with Crippen molar-refractivity contribution in [2.24, 2.45) is 0 Å². The van der Waals surface area contributed by atoms with Crippen molar-refractivity contribution in [3.63, 3.8) is 0 Å². The molecule has 0 spiro atoms. The number of hydrogen-bond donors (Lipinski definition) is 0. The lowest BCUT2D eigenvalue weighted by molar-refractivity contribution is 1.18. The Kier molecular flexibility index (Phi) is 6.20. The lowest BCUT2D eigenvalue weighted by atomic mass is 9.95. The summed E-state index contributed by atoms with van der Waals surface area (Å²) in [5.41, 5.74) is 9.99. The fourth-order valence-corrected chi connectivity index (χ4v) is 8.13. The minimum Gasteiger partial charge on any atom is -0.309 e. The molecule has 0 N–H and O–H groups in total. The topological polar surface area (TPSA) is 9.86 Å². The largest absolute Gasteiger partial charge is 0.309 e. The van der Waals surface area contributed by atoms with Crippen molar-refractivity contribution in [2.45, 2.75) is 0 Å². The summed E-state index contributed by atoms with van der Waals surface area (Å²) in [6.45, 7) is 0. The Morgan fingerprint density at radius 1 is 0.286 bits per heavy atom. The summed E-state index contributed by atoms with van der Waals surface area (Å²) < 4.78 is 62.5. The highest BCUT2D eigenvalue weighted by molar-refractivity contribution is 6.17. The number of benzene rings is 9. The van der Waals surface area contributed by atoms with Gasteiger partial charge in [-0.15, -0.1) is 0 Å². The molecule has 0 radical (unpaired) electrons. The molecule has 0 bridgehead atoms. The average molecular weight is 719 g/mol. The molecule has 11 aromatic rings. The Hall–Kier alpha value is -7.42. The first-order valence-electron chi connectivity index (χ1n) is 21.8. The van der Waals surface area contributed by atoms with Crippen LogP contribution >= 0.6 is 0 Å². The van der Waals surface area contributed by atoms with Gasteiger partial charge in [0.25, 0.3) is 0 Å². The Bertz CT molecular complexity index is 3540. The summed E-state index contributed by atoms with van der Waals surface area (Å²) in [5.74, 6) is 0. The molecule has 0 amide bonds.